The van der Waals surface area contributed by atoms with Crippen molar-refractivity contribution in [2.24, 2.45) is 5.41 Å². The molecule has 2 atom stereocenters. The Morgan fingerprint density at radius 1 is 1.43 bits per heavy atom. The summed E-state index contributed by atoms with van der Waals surface area (Å²) in [4.78, 5) is 2.47. The van der Waals surface area contributed by atoms with E-state index in [9.17, 15) is 0 Å². The lowest BCUT2D eigenvalue weighted by molar-refractivity contribution is -0.218. The van der Waals surface area contributed by atoms with Crippen LogP contribution in [0.2, 0.25) is 0 Å². The predicted octanol–water partition coefficient (Wildman–Crippen LogP) is 0.868. The molecule has 3 rings (SSSR count). The minimum atomic E-state index is 0.292. The minimum absolute atomic E-state index is 0.292. The largest absolute Gasteiger partial charge is 0.396 e. The van der Waals surface area contributed by atoms with Gasteiger partial charge in [-0.1, -0.05) is 13.8 Å². The molecule has 82 valence electrons. The van der Waals surface area contributed by atoms with Gasteiger partial charge >= 0.3 is 0 Å². The first-order valence-corrected chi connectivity index (χ1v) is 5.80. The zero-order valence-corrected chi connectivity index (χ0v) is 9.20. The summed E-state index contributed by atoms with van der Waals surface area (Å²) in [5, 5.41) is 9.14. The van der Waals surface area contributed by atoms with E-state index in [1.54, 1.807) is 0 Å². The van der Waals surface area contributed by atoms with Gasteiger partial charge in [0, 0.05) is 25.1 Å². The van der Waals surface area contributed by atoms with Crippen LogP contribution >= 0.6 is 0 Å². The standard InChI is InChI=1S/C9H15NO2.C2H6/c11-6-9(1-2-9)5-10-3-8-7(10)4-12-8;1-2/h7-8,11H,1-6H2;1-2H3. The fourth-order valence-corrected chi connectivity index (χ4v) is 2.22. The van der Waals surface area contributed by atoms with Crippen molar-refractivity contribution in [3.63, 3.8) is 0 Å². The van der Waals surface area contributed by atoms with Crippen molar-refractivity contribution >= 4 is 0 Å². The number of hydrogen-bond donors (Lipinski definition) is 1. The summed E-state index contributed by atoms with van der Waals surface area (Å²) in [5.41, 5.74) is 0.292. The molecule has 0 bridgehead atoms. The molecule has 1 aliphatic carbocycles. The van der Waals surface area contributed by atoms with Crippen molar-refractivity contribution in [2.45, 2.75) is 38.8 Å². The Kier molecular flexibility index (Phi) is 2.82. The monoisotopic (exact) mass is 199 g/mol. The molecule has 0 radical (unpaired) electrons. The summed E-state index contributed by atoms with van der Waals surface area (Å²) < 4.78 is 5.32. The molecule has 2 heterocycles. The highest BCUT2D eigenvalue weighted by Crippen LogP contribution is 2.47. The summed E-state index contributed by atoms with van der Waals surface area (Å²) >= 11 is 0. The Balaban J connectivity index is 0.000000354. The molecule has 1 N–H and O–H groups in total. The molecule has 2 aliphatic heterocycles. The van der Waals surface area contributed by atoms with Gasteiger partial charge in [0.25, 0.3) is 0 Å². The number of likely N-dealkylation sites (tertiary alicyclic amines) is 1. The van der Waals surface area contributed by atoms with Crippen molar-refractivity contribution < 1.29 is 9.84 Å². The maximum absolute atomic E-state index is 9.14. The number of nitrogens with zero attached hydrogens (tertiary/aromatic N) is 1. The second kappa shape index (κ2) is 3.80. The molecule has 14 heavy (non-hydrogen) atoms. The summed E-state index contributed by atoms with van der Waals surface area (Å²) in [6.45, 7) is 7.51. The van der Waals surface area contributed by atoms with E-state index in [0.29, 0.717) is 24.2 Å². The van der Waals surface area contributed by atoms with Crippen molar-refractivity contribution in [1.82, 2.24) is 4.90 Å². The lowest BCUT2D eigenvalue weighted by Gasteiger charge is -2.55. The molecule has 0 aromatic heterocycles. The molecule has 3 aliphatic rings. The highest BCUT2D eigenvalue weighted by atomic mass is 16.5. The van der Waals surface area contributed by atoms with Crippen molar-refractivity contribution in [1.29, 1.82) is 0 Å². The second-order valence-electron chi connectivity index (χ2n) is 4.53. The fourth-order valence-electron chi connectivity index (χ4n) is 2.22. The lowest BCUT2D eigenvalue weighted by Crippen LogP contribution is -2.71. The molecule has 3 fully saturated rings. The third-order valence-corrected chi connectivity index (χ3v) is 3.62. The van der Waals surface area contributed by atoms with Crippen LogP contribution in [-0.2, 0) is 4.74 Å². The highest BCUT2D eigenvalue weighted by Gasteiger charge is 2.52. The average Bonchev–Trinajstić information content (AvgIpc) is 2.97. The average molecular weight is 199 g/mol. The molecular formula is C11H21NO2. The molecule has 1 saturated carbocycles. The van der Waals surface area contributed by atoms with Crippen LogP contribution in [0.25, 0.3) is 0 Å². The van der Waals surface area contributed by atoms with E-state index in [1.807, 2.05) is 13.8 Å². The zero-order chi connectivity index (χ0) is 10.2. The Hall–Kier alpha value is -0.120. The van der Waals surface area contributed by atoms with Crippen LogP contribution in [0, 0.1) is 5.41 Å². The van der Waals surface area contributed by atoms with Gasteiger partial charge in [-0.2, -0.15) is 0 Å². The topological polar surface area (TPSA) is 32.7 Å². The van der Waals surface area contributed by atoms with Gasteiger partial charge in [0.15, 0.2) is 0 Å². The Morgan fingerprint density at radius 2 is 2.14 bits per heavy atom. The van der Waals surface area contributed by atoms with Crippen LogP contribution in [0.3, 0.4) is 0 Å². The SMILES string of the molecule is CC.OCC1(CN2CC3OCC32)CC1. The predicted molar refractivity (Wildman–Crippen MR) is 55.2 cm³/mol. The van der Waals surface area contributed by atoms with E-state index in [1.165, 1.54) is 12.8 Å². The Morgan fingerprint density at radius 3 is 2.43 bits per heavy atom. The molecule has 3 heteroatoms. The third-order valence-electron chi connectivity index (χ3n) is 3.62. The van der Waals surface area contributed by atoms with Gasteiger partial charge in [0.2, 0.25) is 0 Å². The summed E-state index contributed by atoms with van der Waals surface area (Å²) in [6, 6.07) is 0.703. The summed E-state index contributed by atoms with van der Waals surface area (Å²) in [5.74, 6) is 0. The molecule has 0 aromatic rings. The summed E-state index contributed by atoms with van der Waals surface area (Å²) in [6.07, 6.45) is 2.98. The third kappa shape index (κ3) is 1.58. The number of aliphatic hydroxyl groups excluding tert-OH is 1. The minimum Gasteiger partial charge on any atom is -0.396 e. The number of fused-ring (bicyclic) bond motifs is 1. The van der Waals surface area contributed by atoms with Crippen LogP contribution in [0.1, 0.15) is 26.7 Å². The summed E-state index contributed by atoms with van der Waals surface area (Å²) in [7, 11) is 0. The van der Waals surface area contributed by atoms with Gasteiger partial charge in [-0.15, -0.1) is 0 Å². The fraction of sp³-hybridized carbons (Fsp3) is 1.00. The number of aliphatic hydroxyl groups is 1. The maximum atomic E-state index is 9.14. The van der Waals surface area contributed by atoms with Crippen LogP contribution < -0.4 is 0 Å². The van der Waals surface area contributed by atoms with Gasteiger partial charge < -0.3 is 9.84 Å². The molecule has 3 nitrogen and oxygen atoms in total. The molecule has 0 aromatic carbocycles. The Bertz CT molecular complexity index is 203. The van der Waals surface area contributed by atoms with Gasteiger partial charge in [-0.3, -0.25) is 4.90 Å². The normalized spacial score (nSPS) is 37.1. The molecule has 0 amide bonds. The Labute approximate surface area is 86.0 Å². The van der Waals surface area contributed by atoms with Crippen molar-refractivity contribution in [3.8, 4) is 0 Å². The first kappa shape index (κ1) is 10.4. The zero-order valence-electron chi connectivity index (χ0n) is 9.20. The van der Waals surface area contributed by atoms with Gasteiger partial charge in [0.05, 0.1) is 18.8 Å². The van der Waals surface area contributed by atoms with E-state index in [0.717, 1.165) is 19.7 Å². The van der Waals surface area contributed by atoms with Crippen molar-refractivity contribution in [2.75, 3.05) is 26.3 Å². The number of rotatable bonds is 3. The number of ether oxygens (including phenoxy) is 1. The van der Waals surface area contributed by atoms with E-state index in [2.05, 4.69) is 4.90 Å². The molecular weight excluding hydrogens is 178 g/mol. The lowest BCUT2D eigenvalue weighted by atomic mass is 9.92. The number of hydrogen-bond acceptors (Lipinski definition) is 3. The van der Waals surface area contributed by atoms with Crippen molar-refractivity contribution in [3.05, 3.63) is 0 Å². The smallest absolute Gasteiger partial charge is 0.0880 e. The van der Waals surface area contributed by atoms with E-state index in [-0.39, 0.29) is 0 Å². The molecule has 0 spiro atoms. The van der Waals surface area contributed by atoms with Gasteiger partial charge in [-0.25, -0.2) is 0 Å². The van der Waals surface area contributed by atoms with E-state index < -0.39 is 0 Å². The van der Waals surface area contributed by atoms with E-state index >= 15 is 0 Å². The van der Waals surface area contributed by atoms with Crippen LogP contribution in [-0.4, -0.2) is 48.5 Å². The molecule has 2 saturated heterocycles. The second-order valence-corrected chi connectivity index (χ2v) is 4.53. The van der Waals surface area contributed by atoms with Crippen LogP contribution in [0.4, 0.5) is 0 Å². The first-order chi connectivity index (χ1) is 6.83. The maximum Gasteiger partial charge on any atom is 0.0880 e. The molecule has 2 unspecified atom stereocenters. The van der Waals surface area contributed by atoms with Crippen LogP contribution in [0.15, 0.2) is 0 Å². The first-order valence-electron chi connectivity index (χ1n) is 5.80. The highest BCUT2D eigenvalue weighted by molar-refractivity contribution is 5.04. The van der Waals surface area contributed by atoms with Crippen LogP contribution in [0.5, 0.6) is 0 Å². The van der Waals surface area contributed by atoms with Gasteiger partial charge in [-0.05, 0) is 12.8 Å². The van der Waals surface area contributed by atoms with E-state index in [4.69, 9.17) is 9.84 Å². The quantitative estimate of drug-likeness (QED) is 0.732. The number of morpholine rings is 1. The van der Waals surface area contributed by atoms with Gasteiger partial charge in [0.1, 0.15) is 0 Å².